The Bertz CT molecular complexity index is 2770. The Morgan fingerprint density at radius 2 is 1.01 bits per heavy atom. The van der Waals surface area contributed by atoms with Crippen molar-refractivity contribution in [2.75, 3.05) is 129 Å². The maximum absolute atomic E-state index is 13.2. The summed E-state index contributed by atoms with van der Waals surface area (Å²) in [6.45, 7) is 39.9. The minimum absolute atomic E-state index is 0. The van der Waals surface area contributed by atoms with Crippen LogP contribution >= 0.6 is 12.4 Å². The number of ether oxygens (including phenoxy) is 1. The zero-order chi connectivity index (χ0) is 62.1. The zero-order valence-electron chi connectivity index (χ0n) is 53.6. The van der Waals surface area contributed by atoms with Crippen molar-refractivity contribution >= 4 is 51.0 Å². The second-order valence-corrected chi connectivity index (χ2v) is 24.9. The molecule has 0 aromatic heterocycles. The number of non-ortho nitro benzene ring substituents is 2. The van der Waals surface area contributed by atoms with Gasteiger partial charge in [-0.25, -0.2) is 17.1 Å². The number of aryl methyl sites for hydroxylation is 5. The summed E-state index contributed by atoms with van der Waals surface area (Å²) in [5.41, 5.74) is 7.22. The average molecular weight is 1230 g/mol. The molecule has 0 unspecified atom stereocenters. The number of carbonyl (C=O) groups excluding carboxylic acids is 1. The Balaban J connectivity index is 0.000000341. The highest BCUT2D eigenvalue weighted by Crippen LogP contribution is 2.32. The predicted molar refractivity (Wildman–Crippen MR) is 348 cm³/mol. The van der Waals surface area contributed by atoms with Gasteiger partial charge in [-0.15, -0.1) is 12.4 Å². The molecule has 3 heterocycles. The fraction of sp³-hybridized carbons (Fsp3) is 0.615. The highest BCUT2D eigenvalue weighted by Gasteiger charge is 2.27. The molecule has 4 aromatic rings. The first-order valence-corrected chi connectivity index (χ1v) is 32.2. The van der Waals surface area contributed by atoms with Crippen molar-refractivity contribution in [3.8, 4) is 5.75 Å². The number of halogens is 2. The number of hydrogen-bond donors (Lipinski definition) is 1. The van der Waals surface area contributed by atoms with Crippen LogP contribution in [0.1, 0.15) is 120 Å². The first-order valence-electron chi connectivity index (χ1n) is 30.8. The monoisotopic (exact) mass is 1220 g/mol. The average Bonchev–Trinajstić information content (AvgIpc) is 3.12. The third kappa shape index (κ3) is 23.4. The summed E-state index contributed by atoms with van der Waals surface area (Å²) >= 11 is 0. The fourth-order valence-electron chi connectivity index (χ4n) is 11.7. The lowest BCUT2D eigenvalue weighted by Crippen LogP contribution is -2.39. The summed E-state index contributed by atoms with van der Waals surface area (Å²) in [4.78, 5) is 45.6. The summed E-state index contributed by atoms with van der Waals surface area (Å²) in [7, 11) is -0.616. The lowest BCUT2D eigenvalue weighted by atomic mass is 9.94. The molecule has 0 radical (unpaired) electrons. The van der Waals surface area contributed by atoms with E-state index in [-0.39, 0.29) is 52.3 Å². The van der Waals surface area contributed by atoms with E-state index in [0.29, 0.717) is 28.9 Å². The molecule has 85 heavy (non-hydrogen) atoms. The molecule has 3 fully saturated rings. The van der Waals surface area contributed by atoms with Gasteiger partial charge in [0.25, 0.3) is 11.4 Å². The van der Waals surface area contributed by atoms with Gasteiger partial charge in [0.05, 0.1) is 21.9 Å². The second-order valence-electron chi connectivity index (χ2n) is 22.9. The van der Waals surface area contributed by atoms with E-state index in [0.717, 1.165) is 99.1 Å². The third-order valence-electron chi connectivity index (χ3n) is 17.1. The van der Waals surface area contributed by atoms with Crippen LogP contribution in [0.3, 0.4) is 0 Å². The number of anilines is 2. The number of nitrogens with zero attached hydrogens (tertiary/aromatic N) is 8. The van der Waals surface area contributed by atoms with Crippen LogP contribution in [0.5, 0.6) is 5.75 Å². The van der Waals surface area contributed by atoms with Crippen molar-refractivity contribution in [2.24, 2.45) is 17.8 Å². The fourth-order valence-corrected chi connectivity index (χ4v) is 13.2. The Labute approximate surface area is 515 Å². The van der Waals surface area contributed by atoms with Crippen molar-refractivity contribution in [3.63, 3.8) is 0 Å². The predicted octanol–water partition coefficient (Wildman–Crippen LogP) is 12.3. The molecular formula is C65H103ClFN9O8S. The molecule has 17 nitrogen and oxygen atoms in total. The van der Waals surface area contributed by atoms with Crippen LogP contribution in [0.2, 0.25) is 0 Å². The molecule has 3 aliphatic heterocycles. The first kappa shape index (κ1) is 74.0. The number of sulfonamides is 1. The van der Waals surface area contributed by atoms with Crippen molar-refractivity contribution in [1.82, 2.24) is 24.3 Å². The Hall–Kier alpha value is -5.28. The molecule has 20 heteroatoms. The number of Topliss-reactive ketones (excluding diaryl/α,β-unsaturated/α-hetero) is 1. The quantitative estimate of drug-likeness (QED) is 0.0517. The SMILES string of the molecule is CCN(CC)CC1CCN(c2ccc(CC(=O)CCN(C)S(=O)(=O)c3c(C)cc(OC)cc3C)cc2C)CC1.CCN(CC)CC1CCN(c2ccc([N+](=O)[O-])cc2C)CC1.CCN(CC)CC1CCNCC1.Cc1cc([N+](=O)[O-])ccc1F.Cl. The summed E-state index contributed by atoms with van der Waals surface area (Å²) < 4.78 is 45.6. The number of nitro benzene ring substituents is 2. The Kier molecular flexibility index (Phi) is 32.6. The lowest BCUT2D eigenvalue weighted by molar-refractivity contribution is -0.385. The van der Waals surface area contributed by atoms with Crippen molar-refractivity contribution in [3.05, 3.63) is 126 Å². The molecule has 476 valence electrons. The van der Waals surface area contributed by atoms with Crippen LogP contribution in [0.25, 0.3) is 0 Å². The van der Waals surface area contributed by atoms with Crippen LogP contribution in [-0.4, -0.2) is 162 Å². The molecule has 0 aliphatic carbocycles. The van der Waals surface area contributed by atoms with Gasteiger partial charge in [-0.05, 0) is 207 Å². The van der Waals surface area contributed by atoms with Gasteiger partial charge in [0, 0.05) is 108 Å². The smallest absolute Gasteiger partial charge is 0.269 e. The van der Waals surface area contributed by atoms with Gasteiger partial charge in [0.2, 0.25) is 10.0 Å². The van der Waals surface area contributed by atoms with Gasteiger partial charge in [-0.2, -0.15) is 0 Å². The molecule has 0 amide bonds. The lowest BCUT2D eigenvalue weighted by Gasteiger charge is -2.36. The highest BCUT2D eigenvalue weighted by atomic mass is 35.5. The van der Waals surface area contributed by atoms with Gasteiger partial charge >= 0.3 is 0 Å². The number of rotatable bonds is 24. The van der Waals surface area contributed by atoms with Crippen molar-refractivity contribution in [1.29, 1.82) is 0 Å². The summed E-state index contributed by atoms with van der Waals surface area (Å²) in [5.74, 6) is 2.72. The second kappa shape index (κ2) is 37.4. The number of nitrogens with one attached hydrogen (secondary N) is 1. The molecule has 0 bridgehead atoms. The maximum atomic E-state index is 13.2. The Morgan fingerprint density at radius 1 is 0.612 bits per heavy atom. The van der Waals surface area contributed by atoms with Gasteiger partial charge in [0.15, 0.2) is 0 Å². The van der Waals surface area contributed by atoms with E-state index in [1.54, 1.807) is 45.2 Å². The largest absolute Gasteiger partial charge is 0.497 e. The van der Waals surface area contributed by atoms with Gasteiger partial charge in [-0.3, -0.25) is 25.0 Å². The van der Waals surface area contributed by atoms with Crippen LogP contribution in [-0.2, 0) is 21.2 Å². The number of nitro groups is 2. The van der Waals surface area contributed by atoms with E-state index >= 15 is 0 Å². The number of piperidine rings is 3. The van der Waals surface area contributed by atoms with E-state index in [9.17, 15) is 37.8 Å². The molecular weight excluding hydrogens is 1120 g/mol. The van der Waals surface area contributed by atoms with E-state index in [4.69, 9.17) is 4.74 Å². The number of hydrogen-bond acceptors (Lipinski definition) is 14. The van der Waals surface area contributed by atoms with E-state index in [1.165, 1.54) is 120 Å². The minimum atomic E-state index is -3.72. The molecule has 3 saturated heterocycles. The molecule has 1 N–H and O–H groups in total. The highest BCUT2D eigenvalue weighted by molar-refractivity contribution is 7.89. The first-order chi connectivity index (χ1) is 40.0. The Morgan fingerprint density at radius 3 is 1.40 bits per heavy atom. The molecule has 3 aliphatic rings. The summed E-state index contributed by atoms with van der Waals surface area (Å²) in [6, 6.07) is 18.4. The molecule has 0 spiro atoms. The standard InChI is InChI=1S/C31H47N3O4S.C17H27N3O2.C10H22N2.C7H6FNO2.ClH/c1-8-33(9-2)22-26-12-16-34(17-13-26)30-11-10-27(18-23(30)3)21-28(35)14-15-32(6)39(36,37)31-24(4)19-29(38-7)20-25(31)5;1-4-18(5-2)13-15-8-10-19(11-9-15)17-7-6-16(20(21)22)12-14(17)3;1-3-12(4-2)9-10-5-7-11-8-6-10;1-5-4-6(9(10)11)2-3-7(5)8;/h10-11,18-20,26H,8-9,12-17,21-22H2,1-7H3;6-7,12,15H,4-5,8-11,13H2,1-3H3;10-11H,3-9H2,1-2H3;2-4H,1H3;1H. The van der Waals surface area contributed by atoms with Crippen LogP contribution in [0, 0.1) is 78.4 Å². The maximum Gasteiger partial charge on any atom is 0.269 e. The molecule has 4 aromatic carbocycles. The van der Waals surface area contributed by atoms with Gasteiger partial charge < -0.3 is 34.6 Å². The molecule has 0 saturated carbocycles. The van der Waals surface area contributed by atoms with Crippen LogP contribution in [0.15, 0.2) is 71.6 Å². The normalized spacial score (nSPS) is 15.1. The summed E-state index contributed by atoms with van der Waals surface area (Å²) in [6.07, 6.45) is 8.05. The number of methoxy groups -OCH3 is 1. The minimum Gasteiger partial charge on any atom is -0.497 e. The molecule has 7 rings (SSSR count). The zero-order valence-corrected chi connectivity index (χ0v) is 55.2. The van der Waals surface area contributed by atoms with Gasteiger partial charge in [0.1, 0.15) is 17.3 Å². The van der Waals surface area contributed by atoms with Crippen LogP contribution < -0.4 is 19.9 Å². The van der Waals surface area contributed by atoms with E-state index in [1.807, 2.05) is 19.1 Å². The van der Waals surface area contributed by atoms with Crippen LogP contribution in [0.4, 0.5) is 27.1 Å². The van der Waals surface area contributed by atoms with E-state index in [2.05, 4.69) is 90.4 Å². The van der Waals surface area contributed by atoms with Gasteiger partial charge in [-0.1, -0.05) is 53.7 Å². The topological polar surface area (TPSA) is 178 Å². The van der Waals surface area contributed by atoms with E-state index < -0.39 is 20.8 Å². The number of ketones is 1. The third-order valence-corrected chi connectivity index (χ3v) is 19.2. The molecule has 0 atom stereocenters. The van der Waals surface area contributed by atoms with Crippen molar-refractivity contribution < 1.29 is 32.2 Å². The van der Waals surface area contributed by atoms with Crippen molar-refractivity contribution in [2.45, 2.75) is 132 Å². The summed E-state index contributed by atoms with van der Waals surface area (Å²) in [5, 5.41) is 24.4. The number of benzene rings is 4. The number of carbonyl (C=O) groups is 1.